The van der Waals surface area contributed by atoms with E-state index in [2.05, 4.69) is 15.9 Å². The van der Waals surface area contributed by atoms with Crippen molar-refractivity contribution >= 4 is 17.3 Å². The number of β-amino-alcohol motifs (C(OH)–C–C–N with tert-alkyl or cyclic N) is 1. The molecule has 1 heterocycles. The molecule has 1 fully saturated rings. The zero-order valence-electron chi connectivity index (χ0n) is 15.2. The second kappa shape index (κ2) is 8.62. The second-order valence-electron chi connectivity index (χ2n) is 6.37. The Morgan fingerprint density at radius 2 is 1.69 bits per heavy atom. The first-order chi connectivity index (χ1) is 12.6. The van der Waals surface area contributed by atoms with Crippen LogP contribution in [0.5, 0.6) is 11.5 Å². The number of halogens is 1. The molecule has 1 aliphatic rings. The van der Waals surface area contributed by atoms with E-state index in [1.54, 1.807) is 14.2 Å². The van der Waals surface area contributed by atoms with Crippen LogP contribution in [0.1, 0.15) is 11.7 Å². The van der Waals surface area contributed by atoms with Crippen LogP contribution in [0.25, 0.3) is 0 Å². The molecule has 5 nitrogen and oxygen atoms in total. The molecule has 0 amide bonds. The average Bonchev–Trinajstić information content (AvgIpc) is 2.68. The fourth-order valence-corrected chi connectivity index (χ4v) is 3.54. The highest BCUT2D eigenvalue weighted by molar-refractivity contribution is 6.33. The topological polar surface area (TPSA) is 45.2 Å². The van der Waals surface area contributed by atoms with Crippen LogP contribution in [0.4, 0.5) is 5.69 Å². The third-order valence-corrected chi connectivity index (χ3v) is 5.11. The van der Waals surface area contributed by atoms with Crippen molar-refractivity contribution in [1.29, 1.82) is 0 Å². The van der Waals surface area contributed by atoms with Gasteiger partial charge in [-0.25, -0.2) is 0 Å². The summed E-state index contributed by atoms with van der Waals surface area (Å²) in [5.74, 6) is 1.30. The number of benzene rings is 2. The number of rotatable bonds is 6. The van der Waals surface area contributed by atoms with E-state index in [1.165, 1.54) is 0 Å². The number of para-hydroxylation sites is 1. The number of ether oxygens (including phenoxy) is 2. The lowest BCUT2D eigenvalue weighted by Crippen LogP contribution is -2.47. The zero-order valence-corrected chi connectivity index (χ0v) is 15.9. The fraction of sp³-hybridized carbons (Fsp3) is 0.400. The van der Waals surface area contributed by atoms with Crippen molar-refractivity contribution in [1.82, 2.24) is 4.90 Å². The molecule has 1 N–H and O–H groups in total. The molecule has 3 rings (SSSR count). The van der Waals surface area contributed by atoms with E-state index in [0.29, 0.717) is 18.0 Å². The molecule has 6 heteroatoms. The summed E-state index contributed by atoms with van der Waals surface area (Å²) in [7, 11) is 3.20. The highest BCUT2D eigenvalue weighted by atomic mass is 35.5. The van der Waals surface area contributed by atoms with Crippen molar-refractivity contribution < 1.29 is 14.6 Å². The molecule has 1 unspecified atom stereocenters. The molecule has 1 aliphatic heterocycles. The lowest BCUT2D eigenvalue weighted by atomic mass is 10.1. The largest absolute Gasteiger partial charge is 0.493 e. The number of aliphatic hydroxyl groups excluding tert-OH is 1. The number of hydrogen-bond donors (Lipinski definition) is 1. The first-order valence-corrected chi connectivity index (χ1v) is 9.12. The van der Waals surface area contributed by atoms with Crippen molar-refractivity contribution in [3.05, 3.63) is 53.1 Å². The monoisotopic (exact) mass is 376 g/mol. The Morgan fingerprint density at radius 1 is 1.00 bits per heavy atom. The number of piperazine rings is 1. The van der Waals surface area contributed by atoms with E-state index in [1.807, 2.05) is 36.4 Å². The predicted octanol–water partition coefficient (Wildman–Crippen LogP) is 3.21. The first kappa shape index (κ1) is 18.8. The molecule has 0 aromatic heterocycles. The molecule has 0 saturated carbocycles. The van der Waals surface area contributed by atoms with Crippen LogP contribution < -0.4 is 14.4 Å². The SMILES string of the molecule is COc1ccc(C(O)CN2CCN(c3ccccc3Cl)CC2)cc1OC. The first-order valence-electron chi connectivity index (χ1n) is 8.74. The molecule has 1 saturated heterocycles. The summed E-state index contributed by atoms with van der Waals surface area (Å²) in [4.78, 5) is 4.57. The third-order valence-electron chi connectivity index (χ3n) is 4.79. The van der Waals surface area contributed by atoms with Gasteiger partial charge in [-0.2, -0.15) is 0 Å². The Bertz CT molecular complexity index is 733. The summed E-state index contributed by atoms with van der Waals surface area (Å²) in [6.07, 6.45) is -0.568. The lowest BCUT2D eigenvalue weighted by molar-refractivity contribution is 0.109. The summed E-state index contributed by atoms with van der Waals surface area (Å²) >= 11 is 6.29. The quantitative estimate of drug-likeness (QED) is 0.838. The maximum Gasteiger partial charge on any atom is 0.161 e. The number of aliphatic hydroxyl groups is 1. The van der Waals surface area contributed by atoms with E-state index in [0.717, 1.165) is 42.5 Å². The summed E-state index contributed by atoms with van der Waals surface area (Å²) < 4.78 is 10.6. The van der Waals surface area contributed by atoms with E-state index >= 15 is 0 Å². The van der Waals surface area contributed by atoms with Crippen LogP contribution in [-0.2, 0) is 0 Å². The maximum absolute atomic E-state index is 10.6. The van der Waals surface area contributed by atoms with Crippen molar-refractivity contribution in [2.75, 3.05) is 51.8 Å². The summed E-state index contributed by atoms with van der Waals surface area (Å²) in [6.45, 7) is 4.14. The Morgan fingerprint density at radius 3 is 2.35 bits per heavy atom. The molecule has 1 atom stereocenters. The van der Waals surface area contributed by atoms with Gasteiger partial charge in [-0.3, -0.25) is 4.90 Å². The highest BCUT2D eigenvalue weighted by Crippen LogP contribution is 2.31. The number of nitrogens with zero attached hydrogens (tertiary/aromatic N) is 2. The molecule has 0 spiro atoms. The van der Waals surface area contributed by atoms with E-state index in [9.17, 15) is 5.11 Å². The molecule has 2 aromatic carbocycles. The van der Waals surface area contributed by atoms with Crippen LogP contribution in [0, 0.1) is 0 Å². The maximum atomic E-state index is 10.6. The summed E-state index contributed by atoms with van der Waals surface area (Å²) in [6, 6.07) is 13.5. The molecule has 26 heavy (non-hydrogen) atoms. The minimum atomic E-state index is -0.568. The minimum absolute atomic E-state index is 0.568. The van der Waals surface area contributed by atoms with Crippen molar-refractivity contribution in [2.45, 2.75) is 6.10 Å². The van der Waals surface area contributed by atoms with E-state index < -0.39 is 6.10 Å². The average molecular weight is 377 g/mol. The number of hydrogen-bond acceptors (Lipinski definition) is 5. The van der Waals surface area contributed by atoms with Crippen LogP contribution in [0.15, 0.2) is 42.5 Å². The predicted molar refractivity (Wildman–Crippen MR) is 105 cm³/mol. The standard InChI is InChI=1S/C20H25ClN2O3/c1-25-19-8-7-15(13-20(19)26-2)18(24)14-22-9-11-23(12-10-22)17-6-4-3-5-16(17)21/h3-8,13,18,24H,9-12,14H2,1-2H3. The van der Waals surface area contributed by atoms with Gasteiger partial charge in [0.1, 0.15) is 0 Å². The van der Waals surface area contributed by atoms with E-state index in [4.69, 9.17) is 21.1 Å². The fourth-order valence-electron chi connectivity index (χ4n) is 3.29. The van der Waals surface area contributed by atoms with Gasteiger partial charge < -0.3 is 19.5 Å². The third kappa shape index (κ3) is 4.23. The van der Waals surface area contributed by atoms with Gasteiger partial charge >= 0.3 is 0 Å². The number of anilines is 1. The molecular formula is C20H25ClN2O3. The van der Waals surface area contributed by atoms with Crippen LogP contribution in [-0.4, -0.2) is 56.9 Å². The zero-order chi connectivity index (χ0) is 18.5. The molecule has 140 valence electrons. The summed E-state index contributed by atoms with van der Waals surface area (Å²) in [5, 5.41) is 11.4. The molecular weight excluding hydrogens is 352 g/mol. The van der Waals surface area contributed by atoms with Crippen molar-refractivity contribution in [3.63, 3.8) is 0 Å². The van der Waals surface area contributed by atoms with Gasteiger partial charge in [0.25, 0.3) is 0 Å². The smallest absolute Gasteiger partial charge is 0.161 e. The molecule has 0 aliphatic carbocycles. The molecule has 2 aromatic rings. The van der Waals surface area contributed by atoms with Crippen molar-refractivity contribution in [3.8, 4) is 11.5 Å². The Kier molecular flexibility index (Phi) is 6.25. The summed E-state index contributed by atoms with van der Waals surface area (Å²) in [5.41, 5.74) is 1.91. The van der Waals surface area contributed by atoms with Crippen LogP contribution in [0.3, 0.4) is 0 Å². The minimum Gasteiger partial charge on any atom is -0.493 e. The van der Waals surface area contributed by atoms with Gasteiger partial charge in [0, 0.05) is 32.7 Å². The molecule has 0 radical (unpaired) electrons. The molecule has 0 bridgehead atoms. The highest BCUT2D eigenvalue weighted by Gasteiger charge is 2.21. The van der Waals surface area contributed by atoms with Gasteiger partial charge in [-0.15, -0.1) is 0 Å². The van der Waals surface area contributed by atoms with Crippen molar-refractivity contribution in [2.24, 2.45) is 0 Å². The Labute approximate surface area is 159 Å². The van der Waals surface area contributed by atoms with Crippen LogP contribution in [0.2, 0.25) is 5.02 Å². The van der Waals surface area contributed by atoms with Crippen LogP contribution >= 0.6 is 11.6 Å². The lowest BCUT2D eigenvalue weighted by Gasteiger charge is -2.37. The van der Waals surface area contributed by atoms with Gasteiger partial charge in [0.2, 0.25) is 0 Å². The Hall–Kier alpha value is -1.95. The Balaban J connectivity index is 1.58. The van der Waals surface area contributed by atoms with Gasteiger partial charge in [0.15, 0.2) is 11.5 Å². The van der Waals surface area contributed by atoms with Gasteiger partial charge in [-0.05, 0) is 29.8 Å². The van der Waals surface area contributed by atoms with E-state index in [-0.39, 0.29) is 0 Å². The van der Waals surface area contributed by atoms with Gasteiger partial charge in [0.05, 0.1) is 31.0 Å². The second-order valence-corrected chi connectivity index (χ2v) is 6.78. The number of methoxy groups -OCH3 is 2. The normalized spacial score (nSPS) is 16.4. The van der Waals surface area contributed by atoms with Gasteiger partial charge in [-0.1, -0.05) is 29.8 Å².